The molecule has 2 aromatic carbocycles. The molecule has 1 saturated carbocycles. The average Bonchev–Trinajstić information content (AvgIpc) is 3.66. The van der Waals surface area contributed by atoms with Gasteiger partial charge < -0.3 is 5.32 Å². The number of hydrogen-bond acceptors (Lipinski definition) is 5. The highest BCUT2D eigenvalue weighted by molar-refractivity contribution is 7.90. The van der Waals surface area contributed by atoms with Gasteiger partial charge in [-0.05, 0) is 60.9 Å². The van der Waals surface area contributed by atoms with Crippen LogP contribution in [0.3, 0.4) is 0 Å². The van der Waals surface area contributed by atoms with Crippen molar-refractivity contribution >= 4 is 26.5 Å². The Balaban J connectivity index is 1.44. The molecule has 1 saturated heterocycles. The normalized spacial score (nSPS) is 17.9. The molecule has 6 nitrogen and oxygen atoms in total. The molecule has 0 amide bonds. The summed E-state index contributed by atoms with van der Waals surface area (Å²) in [6.07, 6.45) is 6.42. The van der Waals surface area contributed by atoms with Crippen molar-refractivity contribution in [2.45, 2.75) is 37.0 Å². The molecular weight excluding hydrogens is 427 g/mol. The number of fused-ring (bicyclic) bond motifs is 1. The second kappa shape index (κ2) is 8.15. The standard InChI is InChI=1S/C24H23FN4O2S/c25-24-17(14-26)2-1-3-21(24)18-12-16-6-9-27-15-22(16)23(13-18)28-19-7-10-29(11-8-19)32(30,31)20-4-5-20/h1-3,6,9,12-13,15,19-20,28H,4-5,7-8,10-11H2. The highest BCUT2D eigenvalue weighted by Crippen LogP contribution is 2.35. The van der Waals surface area contributed by atoms with Crippen LogP contribution in [0.1, 0.15) is 31.2 Å². The Bertz CT molecular complexity index is 1320. The molecule has 0 atom stereocenters. The van der Waals surface area contributed by atoms with Crippen molar-refractivity contribution in [3.63, 3.8) is 0 Å². The lowest BCUT2D eigenvalue weighted by molar-refractivity contribution is 0.329. The predicted octanol–water partition coefficient (Wildman–Crippen LogP) is 4.28. The number of nitriles is 1. The molecule has 2 aliphatic rings. The number of aromatic nitrogens is 1. The SMILES string of the molecule is N#Cc1cccc(-c2cc(NC3CCN(S(=O)(=O)C4CC4)CC3)c3cnccc3c2)c1F. The van der Waals surface area contributed by atoms with Crippen LogP contribution in [0, 0.1) is 17.1 Å². The number of halogens is 1. The maximum absolute atomic E-state index is 14.9. The summed E-state index contributed by atoms with van der Waals surface area (Å²) in [5, 5.41) is 14.4. The fourth-order valence-corrected chi connectivity index (χ4v) is 6.24. The summed E-state index contributed by atoms with van der Waals surface area (Å²) in [5.74, 6) is -0.534. The molecular formula is C24H23FN4O2S. The number of nitrogens with one attached hydrogen (secondary N) is 1. The summed E-state index contributed by atoms with van der Waals surface area (Å²) in [4.78, 5) is 4.24. The average molecular weight is 451 g/mol. The van der Waals surface area contributed by atoms with E-state index in [9.17, 15) is 18.1 Å². The van der Waals surface area contributed by atoms with Gasteiger partial charge in [0.05, 0.1) is 10.8 Å². The molecule has 0 spiro atoms. The van der Waals surface area contributed by atoms with Gasteiger partial charge in [0.15, 0.2) is 0 Å². The lowest BCUT2D eigenvalue weighted by Gasteiger charge is -2.32. The van der Waals surface area contributed by atoms with Gasteiger partial charge in [-0.1, -0.05) is 12.1 Å². The number of anilines is 1. The maximum Gasteiger partial charge on any atom is 0.216 e. The number of hydrogen-bond donors (Lipinski definition) is 1. The first kappa shape index (κ1) is 20.9. The van der Waals surface area contributed by atoms with Gasteiger partial charge in [0.2, 0.25) is 10.0 Å². The number of pyridine rings is 1. The first-order chi connectivity index (χ1) is 15.5. The van der Waals surface area contributed by atoms with Crippen molar-refractivity contribution in [2.24, 2.45) is 0 Å². The molecule has 164 valence electrons. The third kappa shape index (κ3) is 3.83. The summed E-state index contributed by atoms with van der Waals surface area (Å²) in [6.45, 7) is 1.01. The van der Waals surface area contributed by atoms with E-state index < -0.39 is 15.8 Å². The van der Waals surface area contributed by atoms with Gasteiger partial charge in [-0.2, -0.15) is 5.26 Å². The van der Waals surface area contributed by atoms with Gasteiger partial charge in [0.25, 0.3) is 0 Å². The molecule has 8 heteroatoms. The van der Waals surface area contributed by atoms with Gasteiger partial charge in [-0.3, -0.25) is 4.98 Å². The molecule has 1 aliphatic heterocycles. The maximum atomic E-state index is 14.9. The molecule has 3 aromatic rings. The van der Waals surface area contributed by atoms with E-state index in [1.165, 1.54) is 6.07 Å². The van der Waals surface area contributed by atoms with E-state index in [0.717, 1.165) is 29.3 Å². The second-order valence-corrected chi connectivity index (χ2v) is 10.7. The van der Waals surface area contributed by atoms with E-state index in [0.29, 0.717) is 37.1 Å². The minimum Gasteiger partial charge on any atom is -0.382 e. The van der Waals surface area contributed by atoms with Crippen LogP contribution >= 0.6 is 0 Å². The number of nitrogens with zero attached hydrogens (tertiary/aromatic N) is 3. The second-order valence-electron chi connectivity index (χ2n) is 8.46. The van der Waals surface area contributed by atoms with Crippen LogP contribution in [0.25, 0.3) is 21.9 Å². The van der Waals surface area contributed by atoms with Crippen LogP contribution in [0.15, 0.2) is 48.8 Å². The molecule has 2 fully saturated rings. The third-order valence-corrected chi connectivity index (χ3v) is 8.70. The molecule has 1 N–H and O–H groups in total. The molecule has 1 aliphatic carbocycles. The van der Waals surface area contributed by atoms with Crippen LogP contribution in [0.2, 0.25) is 0 Å². The van der Waals surface area contributed by atoms with Gasteiger partial charge in [-0.25, -0.2) is 17.1 Å². The van der Waals surface area contributed by atoms with Gasteiger partial charge in [0, 0.05) is 48.2 Å². The van der Waals surface area contributed by atoms with Crippen molar-refractivity contribution in [1.29, 1.82) is 5.26 Å². The molecule has 0 radical (unpaired) electrons. The zero-order valence-corrected chi connectivity index (χ0v) is 18.3. The lowest BCUT2D eigenvalue weighted by atomic mass is 9.97. The fraction of sp³-hybridized carbons (Fsp3) is 0.333. The van der Waals surface area contributed by atoms with E-state index >= 15 is 0 Å². The van der Waals surface area contributed by atoms with Crippen LogP contribution in [-0.2, 0) is 10.0 Å². The van der Waals surface area contributed by atoms with Crippen molar-refractivity contribution in [2.75, 3.05) is 18.4 Å². The van der Waals surface area contributed by atoms with Crippen molar-refractivity contribution in [3.8, 4) is 17.2 Å². The number of sulfonamides is 1. The van der Waals surface area contributed by atoms with Crippen LogP contribution in [-0.4, -0.2) is 42.1 Å². The molecule has 5 rings (SSSR count). The summed E-state index contributed by atoms with van der Waals surface area (Å²) in [5.41, 5.74) is 1.89. The van der Waals surface area contributed by atoms with Crippen molar-refractivity contribution in [1.82, 2.24) is 9.29 Å². The van der Waals surface area contributed by atoms with E-state index in [2.05, 4.69) is 10.3 Å². The van der Waals surface area contributed by atoms with Gasteiger partial charge >= 0.3 is 0 Å². The Morgan fingerprint density at radius 1 is 1.12 bits per heavy atom. The summed E-state index contributed by atoms with van der Waals surface area (Å²) in [6, 6.07) is 12.5. The van der Waals surface area contributed by atoms with E-state index in [-0.39, 0.29) is 16.9 Å². The first-order valence-electron chi connectivity index (χ1n) is 10.8. The largest absolute Gasteiger partial charge is 0.382 e. The van der Waals surface area contributed by atoms with Crippen molar-refractivity contribution in [3.05, 3.63) is 60.2 Å². The minimum atomic E-state index is -3.15. The lowest BCUT2D eigenvalue weighted by Crippen LogP contribution is -2.43. The topological polar surface area (TPSA) is 86.1 Å². The predicted molar refractivity (Wildman–Crippen MR) is 122 cm³/mol. The highest BCUT2D eigenvalue weighted by atomic mass is 32.2. The molecule has 2 heterocycles. The Morgan fingerprint density at radius 3 is 2.62 bits per heavy atom. The smallest absolute Gasteiger partial charge is 0.216 e. The van der Waals surface area contributed by atoms with Gasteiger partial charge in [-0.15, -0.1) is 0 Å². The van der Waals surface area contributed by atoms with Crippen molar-refractivity contribution < 1.29 is 12.8 Å². The number of benzene rings is 2. The Labute approximate surface area is 186 Å². The summed E-state index contributed by atoms with van der Waals surface area (Å²) in [7, 11) is -3.15. The number of piperidine rings is 1. The quantitative estimate of drug-likeness (QED) is 0.627. The Morgan fingerprint density at radius 2 is 1.91 bits per heavy atom. The Hall–Kier alpha value is -3.02. The van der Waals surface area contributed by atoms with E-state index in [1.54, 1.807) is 28.8 Å². The first-order valence-corrected chi connectivity index (χ1v) is 12.3. The third-order valence-electron chi connectivity index (χ3n) is 6.31. The minimum absolute atomic E-state index is 0.0103. The summed E-state index contributed by atoms with van der Waals surface area (Å²) >= 11 is 0. The monoisotopic (exact) mass is 450 g/mol. The molecule has 1 aromatic heterocycles. The van der Waals surface area contributed by atoms with Crippen LogP contribution < -0.4 is 5.32 Å². The fourth-order valence-electron chi connectivity index (χ4n) is 4.37. The van der Waals surface area contributed by atoms with E-state index in [1.807, 2.05) is 24.3 Å². The molecule has 0 bridgehead atoms. The van der Waals surface area contributed by atoms with E-state index in [4.69, 9.17) is 0 Å². The summed E-state index contributed by atoms with van der Waals surface area (Å²) < 4.78 is 41.5. The zero-order valence-electron chi connectivity index (χ0n) is 17.5. The number of rotatable bonds is 5. The van der Waals surface area contributed by atoms with Crippen LogP contribution in [0.4, 0.5) is 10.1 Å². The highest BCUT2D eigenvalue weighted by Gasteiger charge is 2.41. The van der Waals surface area contributed by atoms with Crippen LogP contribution in [0.5, 0.6) is 0 Å². The molecule has 32 heavy (non-hydrogen) atoms. The van der Waals surface area contributed by atoms with Gasteiger partial charge in [0.1, 0.15) is 11.9 Å². The zero-order chi connectivity index (χ0) is 22.3. The molecule has 0 unspecified atom stereocenters. The Kier molecular flexibility index (Phi) is 5.31.